The zero-order valence-electron chi connectivity index (χ0n) is 10.1. The van der Waals surface area contributed by atoms with Crippen LogP contribution in [0.4, 0.5) is 5.82 Å². The number of nitrogens with zero attached hydrogens (tertiary/aromatic N) is 4. The van der Waals surface area contributed by atoms with E-state index in [1.165, 1.54) is 11.8 Å². The Morgan fingerprint density at radius 3 is 2.82 bits per heavy atom. The molecule has 1 atom stereocenters. The Kier molecular flexibility index (Phi) is 5.52. The molecule has 17 heavy (non-hydrogen) atoms. The molecule has 4 nitrogen and oxygen atoms in total. The number of anilines is 1. The van der Waals surface area contributed by atoms with Crippen LogP contribution in [0.25, 0.3) is 0 Å². The van der Waals surface area contributed by atoms with E-state index in [2.05, 4.69) is 16.0 Å². The van der Waals surface area contributed by atoms with Crippen molar-refractivity contribution in [2.45, 2.75) is 19.0 Å². The van der Waals surface area contributed by atoms with Gasteiger partial charge in [-0.3, -0.25) is 0 Å². The zero-order chi connectivity index (χ0) is 12.8. The molecule has 0 fully saturated rings. The molecule has 0 radical (unpaired) electrons. The van der Waals surface area contributed by atoms with Crippen molar-refractivity contribution >= 4 is 29.2 Å². The van der Waals surface area contributed by atoms with E-state index in [1.807, 2.05) is 25.0 Å². The minimum Gasteiger partial charge on any atom is -0.355 e. The molecule has 6 heteroatoms. The standard InChI is InChI=1S/C11H15ClN4S/c1-4-16(7-8(2)6-13)10-5-9(12)14-11(15-10)17-3/h5,8H,4,7H2,1-3H3. The van der Waals surface area contributed by atoms with E-state index in [1.54, 1.807) is 6.07 Å². The summed E-state index contributed by atoms with van der Waals surface area (Å²) in [7, 11) is 0. The number of aromatic nitrogens is 2. The van der Waals surface area contributed by atoms with E-state index in [0.717, 1.165) is 12.4 Å². The Labute approximate surface area is 111 Å². The highest BCUT2D eigenvalue weighted by Gasteiger charge is 2.12. The molecule has 0 N–H and O–H groups in total. The fraction of sp³-hybridized carbons (Fsp3) is 0.545. The van der Waals surface area contributed by atoms with Crippen LogP contribution in [0, 0.1) is 17.2 Å². The van der Waals surface area contributed by atoms with Gasteiger partial charge in [-0.25, -0.2) is 9.97 Å². The third-order valence-corrected chi connectivity index (χ3v) is 3.01. The fourth-order valence-electron chi connectivity index (χ4n) is 1.39. The molecule has 0 aliphatic carbocycles. The zero-order valence-corrected chi connectivity index (χ0v) is 11.7. The summed E-state index contributed by atoms with van der Waals surface area (Å²) in [6, 6.07) is 3.95. The molecule has 0 saturated carbocycles. The fourth-order valence-corrected chi connectivity index (χ4v) is 2.00. The molecular weight excluding hydrogens is 256 g/mol. The van der Waals surface area contributed by atoms with Crippen molar-refractivity contribution in [1.82, 2.24) is 9.97 Å². The largest absolute Gasteiger partial charge is 0.355 e. The van der Waals surface area contributed by atoms with Gasteiger partial charge in [0.25, 0.3) is 0 Å². The number of thioether (sulfide) groups is 1. The Balaban J connectivity index is 2.95. The van der Waals surface area contributed by atoms with Gasteiger partial charge in [-0.05, 0) is 20.1 Å². The topological polar surface area (TPSA) is 52.8 Å². The van der Waals surface area contributed by atoms with Gasteiger partial charge in [0.15, 0.2) is 5.16 Å². The van der Waals surface area contributed by atoms with Crippen LogP contribution in [0.5, 0.6) is 0 Å². The molecule has 1 aromatic rings. The lowest BCUT2D eigenvalue weighted by molar-refractivity contribution is 0.674. The molecule has 1 heterocycles. The van der Waals surface area contributed by atoms with Crippen LogP contribution in [-0.2, 0) is 0 Å². The maximum absolute atomic E-state index is 8.84. The van der Waals surface area contributed by atoms with Crippen LogP contribution >= 0.6 is 23.4 Å². The molecule has 0 saturated heterocycles. The quantitative estimate of drug-likeness (QED) is 0.468. The third kappa shape index (κ3) is 4.06. The first-order valence-electron chi connectivity index (χ1n) is 5.33. The van der Waals surface area contributed by atoms with Gasteiger partial charge < -0.3 is 4.90 Å². The maximum Gasteiger partial charge on any atom is 0.190 e. The highest BCUT2D eigenvalue weighted by Crippen LogP contribution is 2.20. The van der Waals surface area contributed by atoms with Crippen molar-refractivity contribution in [3.8, 4) is 6.07 Å². The van der Waals surface area contributed by atoms with Gasteiger partial charge in [0.05, 0.1) is 12.0 Å². The third-order valence-electron chi connectivity index (χ3n) is 2.26. The second kappa shape index (κ2) is 6.67. The van der Waals surface area contributed by atoms with Gasteiger partial charge in [-0.15, -0.1) is 0 Å². The van der Waals surface area contributed by atoms with Crippen LogP contribution in [0.3, 0.4) is 0 Å². The van der Waals surface area contributed by atoms with Crippen LogP contribution in [0.2, 0.25) is 5.15 Å². The number of hydrogen-bond donors (Lipinski definition) is 0. The van der Waals surface area contributed by atoms with Gasteiger partial charge in [0.2, 0.25) is 0 Å². The summed E-state index contributed by atoms with van der Waals surface area (Å²) >= 11 is 7.40. The van der Waals surface area contributed by atoms with Crippen molar-refractivity contribution in [2.24, 2.45) is 5.92 Å². The molecular formula is C11H15ClN4S. The van der Waals surface area contributed by atoms with E-state index in [0.29, 0.717) is 16.9 Å². The monoisotopic (exact) mass is 270 g/mol. The van der Waals surface area contributed by atoms with E-state index in [9.17, 15) is 0 Å². The van der Waals surface area contributed by atoms with E-state index in [4.69, 9.17) is 16.9 Å². The predicted molar refractivity (Wildman–Crippen MR) is 71.5 cm³/mol. The van der Waals surface area contributed by atoms with Gasteiger partial charge in [-0.1, -0.05) is 23.4 Å². The van der Waals surface area contributed by atoms with Crippen LogP contribution in [0.15, 0.2) is 11.2 Å². The first kappa shape index (κ1) is 14.1. The van der Waals surface area contributed by atoms with Crippen LogP contribution in [-0.4, -0.2) is 29.3 Å². The molecule has 0 aliphatic rings. The molecule has 1 aromatic heterocycles. The molecule has 0 amide bonds. The van der Waals surface area contributed by atoms with Gasteiger partial charge >= 0.3 is 0 Å². The van der Waals surface area contributed by atoms with Gasteiger partial charge in [-0.2, -0.15) is 5.26 Å². The minimum atomic E-state index is -0.0404. The molecule has 1 unspecified atom stereocenters. The second-order valence-corrected chi connectivity index (χ2v) is 4.76. The Hall–Kier alpha value is -0.990. The molecule has 0 aliphatic heterocycles. The Morgan fingerprint density at radius 2 is 2.29 bits per heavy atom. The average Bonchev–Trinajstić information content (AvgIpc) is 2.34. The van der Waals surface area contributed by atoms with Crippen LogP contribution in [0.1, 0.15) is 13.8 Å². The molecule has 1 rings (SSSR count). The number of rotatable bonds is 5. The smallest absolute Gasteiger partial charge is 0.190 e. The van der Waals surface area contributed by atoms with E-state index < -0.39 is 0 Å². The SMILES string of the molecule is CCN(CC(C)C#N)c1cc(Cl)nc(SC)n1. The van der Waals surface area contributed by atoms with Crippen molar-refractivity contribution < 1.29 is 0 Å². The molecule has 92 valence electrons. The number of hydrogen-bond acceptors (Lipinski definition) is 5. The normalized spacial score (nSPS) is 11.9. The predicted octanol–water partition coefficient (Wildman–Crippen LogP) is 2.84. The molecule has 0 spiro atoms. The van der Waals surface area contributed by atoms with Crippen LogP contribution < -0.4 is 4.90 Å². The van der Waals surface area contributed by atoms with Crippen molar-refractivity contribution in [1.29, 1.82) is 5.26 Å². The minimum absolute atomic E-state index is 0.0404. The van der Waals surface area contributed by atoms with E-state index in [-0.39, 0.29) is 5.92 Å². The second-order valence-electron chi connectivity index (χ2n) is 3.60. The van der Waals surface area contributed by atoms with Crippen molar-refractivity contribution in [2.75, 3.05) is 24.2 Å². The summed E-state index contributed by atoms with van der Waals surface area (Å²) in [5, 5.41) is 9.92. The summed E-state index contributed by atoms with van der Waals surface area (Å²) in [4.78, 5) is 10.5. The molecule has 0 aromatic carbocycles. The summed E-state index contributed by atoms with van der Waals surface area (Å²) in [6.45, 7) is 5.35. The maximum atomic E-state index is 8.84. The highest BCUT2D eigenvalue weighted by atomic mass is 35.5. The summed E-state index contributed by atoms with van der Waals surface area (Å²) in [5.41, 5.74) is 0. The number of halogens is 1. The summed E-state index contributed by atoms with van der Waals surface area (Å²) < 4.78 is 0. The molecule has 0 bridgehead atoms. The average molecular weight is 271 g/mol. The number of nitriles is 1. The van der Waals surface area contributed by atoms with Gasteiger partial charge in [0.1, 0.15) is 11.0 Å². The van der Waals surface area contributed by atoms with Gasteiger partial charge in [0, 0.05) is 19.2 Å². The van der Waals surface area contributed by atoms with Crippen molar-refractivity contribution in [3.05, 3.63) is 11.2 Å². The first-order chi connectivity index (χ1) is 8.10. The summed E-state index contributed by atoms with van der Waals surface area (Å²) in [5.74, 6) is 0.736. The highest BCUT2D eigenvalue weighted by molar-refractivity contribution is 7.98. The van der Waals surface area contributed by atoms with E-state index >= 15 is 0 Å². The lowest BCUT2D eigenvalue weighted by Crippen LogP contribution is -2.28. The summed E-state index contributed by atoms with van der Waals surface area (Å²) in [6.07, 6.45) is 1.91. The van der Waals surface area contributed by atoms with Crippen molar-refractivity contribution in [3.63, 3.8) is 0 Å². The Bertz CT molecular complexity index is 418. The lowest BCUT2D eigenvalue weighted by atomic mass is 10.2. The lowest BCUT2D eigenvalue weighted by Gasteiger charge is -2.23. The first-order valence-corrected chi connectivity index (χ1v) is 6.94. The Morgan fingerprint density at radius 1 is 1.59 bits per heavy atom.